The standard InChI is InChI=1S/C56H37NS/c1-34-19-25-38(26-20-34)57(39-27-21-35(2)22-28-39)56-47-17-9-7-15-44(47)54(45-16-8-10-18-48(45)56)37-24-29-43-50-32-51-49(33-53(50)58-52(43)31-37)42-14-6-5-13-41(42)46-30-23-36-11-3-4-12-40(36)55(46)51/h3-33H,1-2H3. The van der Waals surface area contributed by atoms with Crippen LogP contribution in [0.4, 0.5) is 17.1 Å². The molecule has 2 heteroatoms. The largest absolute Gasteiger partial charge is 0.309 e. The van der Waals surface area contributed by atoms with Crippen LogP contribution in [-0.4, -0.2) is 0 Å². The van der Waals surface area contributed by atoms with Gasteiger partial charge in [-0.2, -0.15) is 0 Å². The fraction of sp³-hybridized carbons (Fsp3) is 0.0357. The molecule has 0 amide bonds. The minimum absolute atomic E-state index is 1.14. The van der Waals surface area contributed by atoms with E-state index in [1.807, 2.05) is 11.3 Å². The van der Waals surface area contributed by atoms with Crippen LogP contribution in [0.15, 0.2) is 188 Å². The minimum Gasteiger partial charge on any atom is -0.309 e. The Bertz CT molecular complexity index is 3530. The van der Waals surface area contributed by atoms with Crippen molar-refractivity contribution in [2.24, 2.45) is 0 Å². The molecule has 0 aliphatic rings. The second-order valence-corrected chi connectivity index (χ2v) is 16.9. The summed E-state index contributed by atoms with van der Waals surface area (Å²) in [5, 5.41) is 18.1. The minimum atomic E-state index is 1.14. The molecule has 1 aromatic heterocycles. The predicted octanol–water partition coefficient (Wildman–Crippen LogP) is 16.7. The molecule has 272 valence electrons. The number of hydrogen-bond donors (Lipinski definition) is 0. The van der Waals surface area contributed by atoms with Gasteiger partial charge >= 0.3 is 0 Å². The molecule has 0 unspecified atom stereocenters. The normalized spacial score (nSPS) is 12.0. The summed E-state index contributed by atoms with van der Waals surface area (Å²) in [5.74, 6) is 0. The van der Waals surface area contributed by atoms with Crippen molar-refractivity contribution in [1.82, 2.24) is 0 Å². The number of hydrogen-bond acceptors (Lipinski definition) is 2. The average Bonchev–Trinajstić information content (AvgIpc) is 3.63. The van der Waals surface area contributed by atoms with Gasteiger partial charge in [-0.05, 0) is 121 Å². The summed E-state index contributed by atoms with van der Waals surface area (Å²) in [6.07, 6.45) is 0. The van der Waals surface area contributed by atoms with Crippen LogP contribution in [0.2, 0.25) is 0 Å². The lowest BCUT2D eigenvalue weighted by atomic mass is 9.89. The first-order valence-electron chi connectivity index (χ1n) is 20.1. The van der Waals surface area contributed by atoms with E-state index < -0.39 is 0 Å². The molecule has 0 spiro atoms. The van der Waals surface area contributed by atoms with Crippen LogP contribution in [0, 0.1) is 13.8 Å². The highest BCUT2D eigenvalue weighted by Crippen LogP contribution is 2.50. The molecule has 12 aromatic rings. The highest BCUT2D eigenvalue weighted by Gasteiger charge is 2.23. The molecule has 0 aliphatic carbocycles. The monoisotopic (exact) mass is 755 g/mol. The average molecular weight is 756 g/mol. The topological polar surface area (TPSA) is 3.24 Å². The third-order valence-corrected chi connectivity index (χ3v) is 13.4. The van der Waals surface area contributed by atoms with E-state index in [1.165, 1.54) is 113 Å². The molecule has 0 atom stereocenters. The Morgan fingerprint density at radius 1 is 0.345 bits per heavy atom. The van der Waals surface area contributed by atoms with Crippen molar-refractivity contribution in [1.29, 1.82) is 0 Å². The molecule has 1 heterocycles. The lowest BCUT2D eigenvalue weighted by molar-refractivity contribution is 1.29. The van der Waals surface area contributed by atoms with Gasteiger partial charge in [0.2, 0.25) is 0 Å². The Morgan fingerprint density at radius 2 is 0.862 bits per heavy atom. The maximum absolute atomic E-state index is 2.48. The third kappa shape index (κ3) is 4.95. The summed E-state index contributed by atoms with van der Waals surface area (Å²) in [7, 11) is 0. The predicted molar refractivity (Wildman–Crippen MR) is 254 cm³/mol. The Morgan fingerprint density at radius 3 is 1.50 bits per heavy atom. The van der Waals surface area contributed by atoms with E-state index in [2.05, 4.69) is 207 Å². The first kappa shape index (κ1) is 33.2. The number of aryl methyl sites for hydroxylation is 2. The van der Waals surface area contributed by atoms with Crippen LogP contribution >= 0.6 is 11.3 Å². The van der Waals surface area contributed by atoms with Gasteiger partial charge in [-0.15, -0.1) is 11.3 Å². The number of anilines is 3. The van der Waals surface area contributed by atoms with Gasteiger partial charge in [0.15, 0.2) is 0 Å². The quantitative estimate of drug-likeness (QED) is 0.128. The van der Waals surface area contributed by atoms with Gasteiger partial charge in [-0.3, -0.25) is 0 Å². The van der Waals surface area contributed by atoms with Crippen LogP contribution < -0.4 is 4.90 Å². The van der Waals surface area contributed by atoms with E-state index in [4.69, 9.17) is 0 Å². The van der Waals surface area contributed by atoms with Crippen LogP contribution in [0.25, 0.3) is 95.9 Å². The molecule has 0 N–H and O–H groups in total. The zero-order valence-corrected chi connectivity index (χ0v) is 33.1. The summed E-state index contributed by atoms with van der Waals surface area (Å²) < 4.78 is 2.63. The number of fused-ring (bicyclic) bond motifs is 13. The van der Waals surface area contributed by atoms with Gasteiger partial charge in [0.25, 0.3) is 0 Å². The van der Waals surface area contributed by atoms with E-state index in [-0.39, 0.29) is 0 Å². The van der Waals surface area contributed by atoms with Gasteiger partial charge < -0.3 is 4.90 Å². The molecule has 58 heavy (non-hydrogen) atoms. The highest BCUT2D eigenvalue weighted by atomic mass is 32.1. The lowest BCUT2D eigenvalue weighted by Crippen LogP contribution is -2.11. The molecule has 0 saturated heterocycles. The zero-order valence-electron chi connectivity index (χ0n) is 32.3. The summed E-state index contributed by atoms with van der Waals surface area (Å²) in [6, 6.07) is 70.3. The molecule has 0 aliphatic heterocycles. The van der Waals surface area contributed by atoms with Gasteiger partial charge in [-0.1, -0.05) is 157 Å². The van der Waals surface area contributed by atoms with Gasteiger partial charge in [0.05, 0.1) is 5.69 Å². The SMILES string of the molecule is Cc1ccc(N(c2ccc(C)cc2)c2c3ccccc3c(-c3ccc4c(c3)sc3cc5c6ccccc6c6ccc7ccccc7c6c5cc34)c3ccccc23)cc1. The van der Waals surface area contributed by atoms with E-state index in [1.54, 1.807) is 0 Å². The Kier molecular flexibility index (Phi) is 7.30. The van der Waals surface area contributed by atoms with Crippen molar-refractivity contribution in [3.63, 3.8) is 0 Å². The Labute approximate surface area is 340 Å². The number of thiophene rings is 1. The molecule has 0 saturated carbocycles. The fourth-order valence-corrected chi connectivity index (χ4v) is 10.8. The van der Waals surface area contributed by atoms with Gasteiger partial charge in [0.1, 0.15) is 0 Å². The maximum atomic E-state index is 2.48. The van der Waals surface area contributed by atoms with E-state index >= 15 is 0 Å². The summed E-state index contributed by atoms with van der Waals surface area (Å²) in [6.45, 7) is 4.31. The van der Waals surface area contributed by atoms with Crippen molar-refractivity contribution in [3.05, 3.63) is 199 Å². The summed E-state index contributed by atoms with van der Waals surface area (Å²) in [5.41, 5.74) is 8.49. The summed E-state index contributed by atoms with van der Waals surface area (Å²) >= 11 is 1.91. The first-order valence-corrected chi connectivity index (χ1v) is 20.9. The first-order chi connectivity index (χ1) is 28.6. The zero-order chi connectivity index (χ0) is 38.5. The summed E-state index contributed by atoms with van der Waals surface area (Å²) in [4.78, 5) is 2.45. The third-order valence-electron chi connectivity index (χ3n) is 12.3. The van der Waals surface area contributed by atoms with Crippen molar-refractivity contribution < 1.29 is 0 Å². The fourth-order valence-electron chi connectivity index (χ4n) is 9.60. The second kappa shape index (κ2) is 12.8. The molecular weight excluding hydrogens is 719 g/mol. The van der Waals surface area contributed by atoms with Crippen LogP contribution in [0.5, 0.6) is 0 Å². The number of benzene rings is 11. The van der Waals surface area contributed by atoms with Crippen LogP contribution in [-0.2, 0) is 0 Å². The van der Waals surface area contributed by atoms with Crippen LogP contribution in [0.3, 0.4) is 0 Å². The van der Waals surface area contributed by atoms with Crippen molar-refractivity contribution in [3.8, 4) is 11.1 Å². The number of rotatable bonds is 4. The number of nitrogens with zero attached hydrogens (tertiary/aromatic N) is 1. The molecule has 0 bridgehead atoms. The van der Waals surface area contributed by atoms with Crippen LogP contribution in [0.1, 0.15) is 11.1 Å². The van der Waals surface area contributed by atoms with Gasteiger partial charge in [0, 0.05) is 42.3 Å². The molecular formula is C56H37NS. The molecule has 1 nitrogen and oxygen atoms in total. The van der Waals surface area contributed by atoms with Crippen molar-refractivity contribution >= 4 is 113 Å². The lowest BCUT2D eigenvalue weighted by Gasteiger charge is -2.29. The highest BCUT2D eigenvalue weighted by molar-refractivity contribution is 7.26. The smallest absolute Gasteiger partial charge is 0.0618 e. The van der Waals surface area contributed by atoms with E-state index in [0.717, 1.165) is 11.4 Å². The Hall–Kier alpha value is -7.00. The second-order valence-electron chi connectivity index (χ2n) is 15.8. The molecule has 0 fully saturated rings. The maximum Gasteiger partial charge on any atom is 0.0618 e. The molecule has 11 aromatic carbocycles. The van der Waals surface area contributed by atoms with Crippen molar-refractivity contribution in [2.75, 3.05) is 4.90 Å². The molecule has 0 radical (unpaired) electrons. The Balaban J connectivity index is 1.12. The van der Waals surface area contributed by atoms with E-state index in [0.29, 0.717) is 0 Å². The van der Waals surface area contributed by atoms with Crippen molar-refractivity contribution in [2.45, 2.75) is 13.8 Å². The van der Waals surface area contributed by atoms with Gasteiger partial charge in [-0.25, -0.2) is 0 Å². The van der Waals surface area contributed by atoms with E-state index in [9.17, 15) is 0 Å². The molecule has 12 rings (SSSR count).